The van der Waals surface area contributed by atoms with Gasteiger partial charge in [0.15, 0.2) is 5.16 Å². The molecular formula is C25H29N5O2S. The van der Waals surface area contributed by atoms with E-state index in [0.29, 0.717) is 37.5 Å². The lowest BCUT2D eigenvalue weighted by Crippen LogP contribution is -2.42. The van der Waals surface area contributed by atoms with Gasteiger partial charge in [0.2, 0.25) is 11.8 Å². The van der Waals surface area contributed by atoms with Gasteiger partial charge in [-0.2, -0.15) is 0 Å². The summed E-state index contributed by atoms with van der Waals surface area (Å²) in [6.07, 6.45) is 6.70. The van der Waals surface area contributed by atoms with Gasteiger partial charge in [-0.3, -0.25) is 14.2 Å². The fourth-order valence-electron chi connectivity index (χ4n) is 4.00. The Balaban J connectivity index is 1.29. The van der Waals surface area contributed by atoms with Crippen LogP contribution in [0.25, 0.3) is 5.69 Å². The maximum atomic E-state index is 12.8. The maximum Gasteiger partial charge on any atom is 0.233 e. The first kappa shape index (κ1) is 23.0. The van der Waals surface area contributed by atoms with E-state index < -0.39 is 0 Å². The summed E-state index contributed by atoms with van der Waals surface area (Å²) in [6.45, 7) is 7.28. The predicted molar refractivity (Wildman–Crippen MR) is 131 cm³/mol. The number of nitrogens with one attached hydrogen (secondary N) is 1. The highest BCUT2D eigenvalue weighted by Crippen LogP contribution is 2.25. The number of pyridine rings is 1. The van der Waals surface area contributed by atoms with Crippen molar-refractivity contribution < 1.29 is 9.59 Å². The van der Waals surface area contributed by atoms with Crippen molar-refractivity contribution in [2.24, 2.45) is 5.92 Å². The lowest BCUT2D eigenvalue weighted by molar-refractivity contribution is -0.132. The normalized spacial score (nSPS) is 14.3. The average Bonchev–Trinajstić information content (AvgIpc) is 3.27. The molecule has 0 atom stereocenters. The van der Waals surface area contributed by atoms with E-state index >= 15 is 0 Å². The molecule has 0 spiro atoms. The smallest absolute Gasteiger partial charge is 0.233 e. The van der Waals surface area contributed by atoms with Gasteiger partial charge >= 0.3 is 0 Å². The third-order valence-corrected chi connectivity index (χ3v) is 6.89. The molecule has 1 saturated heterocycles. The molecule has 1 aliphatic rings. The third-order valence-electron chi connectivity index (χ3n) is 5.94. The largest absolute Gasteiger partial charge is 0.342 e. The van der Waals surface area contributed by atoms with Crippen LogP contribution in [0.1, 0.15) is 29.5 Å². The molecule has 3 heterocycles. The number of carbonyl (C=O) groups is 2. The van der Waals surface area contributed by atoms with Crippen LogP contribution in [0.4, 0.5) is 5.82 Å². The molecule has 1 fully saturated rings. The van der Waals surface area contributed by atoms with E-state index in [1.165, 1.54) is 17.3 Å². The first-order valence-corrected chi connectivity index (χ1v) is 12.1. The van der Waals surface area contributed by atoms with Crippen molar-refractivity contribution in [1.29, 1.82) is 0 Å². The zero-order valence-electron chi connectivity index (χ0n) is 19.2. The van der Waals surface area contributed by atoms with Crippen LogP contribution in [-0.4, -0.2) is 50.1 Å². The minimum atomic E-state index is -0.104. The molecule has 2 aromatic heterocycles. The quantitative estimate of drug-likeness (QED) is 0.555. The number of imidazole rings is 1. The van der Waals surface area contributed by atoms with Crippen LogP contribution in [-0.2, 0) is 9.59 Å². The summed E-state index contributed by atoms with van der Waals surface area (Å²) in [5, 5.41) is 3.70. The van der Waals surface area contributed by atoms with E-state index in [-0.39, 0.29) is 17.7 Å². The van der Waals surface area contributed by atoms with E-state index in [1.807, 2.05) is 34.7 Å². The minimum absolute atomic E-state index is 0.0230. The van der Waals surface area contributed by atoms with Crippen molar-refractivity contribution in [2.45, 2.75) is 38.8 Å². The molecular weight excluding hydrogens is 434 g/mol. The number of aryl methyl sites for hydroxylation is 3. The molecule has 0 aliphatic carbocycles. The Kier molecular flexibility index (Phi) is 7.13. The number of benzene rings is 1. The molecule has 4 rings (SSSR count). The number of hydrogen-bond donors (Lipinski definition) is 1. The van der Waals surface area contributed by atoms with Gasteiger partial charge in [-0.25, -0.2) is 9.97 Å². The van der Waals surface area contributed by atoms with Crippen molar-refractivity contribution in [2.75, 3.05) is 24.2 Å². The number of likely N-dealkylation sites (tertiary alicyclic amines) is 1. The van der Waals surface area contributed by atoms with E-state index in [2.05, 4.69) is 47.3 Å². The van der Waals surface area contributed by atoms with Crippen LogP contribution in [0.3, 0.4) is 0 Å². The molecule has 0 radical (unpaired) electrons. The van der Waals surface area contributed by atoms with Crippen molar-refractivity contribution in [3.05, 3.63) is 65.6 Å². The highest BCUT2D eigenvalue weighted by atomic mass is 32.2. The topological polar surface area (TPSA) is 80.1 Å². The molecule has 8 heteroatoms. The molecule has 3 aromatic rings. The van der Waals surface area contributed by atoms with Crippen LogP contribution in [0.2, 0.25) is 0 Å². The molecule has 0 unspecified atom stereocenters. The number of anilines is 1. The standard InChI is InChI=1S/C25H29N5O2S/c1-17-4-5-19(3)21(14-17)30-13-10-27-25(30)33-16-23(31)29-11-7-20(8-12-29)24(32)28-22-15-18(2)6-9-26-22/h4-6,9-10,13-15,20H,7-8,11-12,16H2,1-3H3,(H,26,28,32). The summed E-state index contributed by atoms with van der Waals surface area (Å²) >= 11 is 1.45. The molecule has 0 bridgehead atoms. The first-order valence-electron chi connectivity index (χ1n) is 11.2. The van der Waals surface area contributed by atoms with Crippen molar-refractivity contribution in [3.63, 3.8) is 0 Å². The zero-order chi connectivity index (χ0) is 23.4. The Morgan fingerprint density at radius 1 is 1.03 bits per heavy atom. The summed E-state index contributed by atoms with van der Waals surface area (Å²) in [7, 11) is 0. The van der Waals surface area contributed by atoms with Gasteiger partial charge in [-0.15, -0.1) is 0 Å². The second-order valence-electron chi connectivity index (χ2n) is 8.52. The highest BCUT2D eigenvalue weighted by molar-refractivity contribution is 7.99. The molecule has 2 amide bonds. The minimum Gasteiger partial charge on any atom is -0.342 e. The van der Waals surface area contributed by atoms with Gasteiger partial charge in [-0.05, 0) is 68.5 Å². The number of amides is 2. The second kappa shape index (κ2) is 10.2. The fourth-order valence-corrected chi connectivity index (χ4v) is 4.87. The summed E-state index contributed by atoms with van der Waals surface area (Å²) in [5.41, 5.74) is 4.48. The Bertz CT molecular complexity index is 1150. The van der Waals surface area contributed by atoms with Crippen LogP contribution >= 0.6 is 11.8 Å². The van der Waals surface area contributed by atoms with Gasteiger partial charge in [0.05, 0.1) is 11.4 Å². The summed E-state index contributed by atoms with van der Waals surface area (Å²) in [5.74, 6) is 0.854. The molecule has 33 heavy (non-hydrogen) atoms. The Morgan fingerprint density at radius 3 is 2.55 bits per heavy atom. The Labute approximate surface area is 198 Å². The molecule has 0 saturated carbocycles. The molecule has 7 nitrogen and oxygen atoms in total. The van der Waals surface area contributed by atoms with Crippen LogP contribution < -0.4 is 5.32 Å². The van der Waals surface area contributed by atoms with E-state index in [1.54, 1.807) is 12.4 Å². The molecule has 1 N–H and O–H groups in total. The maximum absolute atomic E-state index is 12.8. The van der Waals surface area contributed by atoms with Gasteiger partial charge in [-0.1, -0.05) is 23.9 Å². The van der Waals surface area contributed by atoms with Crippen molar-refractivity contribution in [3.8, 4) is 5.69 Å². The number of rotatable bonds is 6. The van der Waals surface area contributed by atoms with Crippen LogP contribution in [0.5, 0.6) is 0 Å². The third kappa shape index (κ3) is 5.63. The first-order chi connectivity index (χ1) is 15.9. The lowest BCUT2D eigenvalue weighted by atomic mass is 9.96. The van der Waals surface area contributed by atoms with Gasteiger partial charge in [0.1, 0.15) is 5.82 Å². The lowest BCUT2D eigenvalue weighted by Gasteiger charge is -2.31. The summed E-state index contributed by atoms with van der Waals surface area (Å²) in [4.78, 5) is 35.9. The molecule has 172 valence electrons. The number of nitrogens with zero attached hydrogens (tertiary/aromatic N) is 4. The van der Waals surface area contributed by atoms with Gasteiger partial charge in [0, 0.05) is 37.6 Å². The zero-order valence-corrected chi connectivity index (χ0v) is 20.1. The van der Waals surface area contributed by atoms with Crippen LogP contribution in [0.15, 0.2) is 54.1 Å². The average molecular weight is 464 g/mol. The van der Waals surface area contributed by atoms with E-state index in [0.717, 1.165) is 22.0 Å². The van der Waals surface area contributed by atoms with Crippen molar-refractivity contribution >= 4 is 29.4 Å². The fraction of sp³-hybridized carbons (Fsp3) is 0.360. The van der Waals surface area contributed by atoms with Crippen molar-refractivity contribution in [1.82, 2.24) is 19.4 Å². The SMILES string of the molecule is Cc1ccnc(NC(=O)C2CCN(C(=O)CSc3nccn3-c3cc(C)ccc3C)CC2)c1. The number of hydrogen-bond acceptors (Lipinski definition) is 5. The van der Waals surface area contributed by atoms with Gasteiger partial charge in [0.25, 0.3) is 0 Å². The Hall–Kier alpha value is -3.13. The summed E-state index contributed by atoms with van der Waals surface area (Å²) in [6, 6.07) is 10.1. The number of aromatic nitrogens is 3. The molecule has 1 aliphatic heterocycles. The van der Waals surface area contributed by atoms with E-state index in [4.69, 9.17) is 0 Å². The number of piperidine rings is 1. The Morgan fingerprint density at radius 2 is 1.79 bits per heavy atom. The monoisotopic (exact) mass is 463 g/mol. The van der Waals surface area contributed by atoms with Crippen LogP contribution in [0, 0.1) is 26.7 Å². The predicted octanol–water partition coefficient (Wildman–Crippen LogP) is 4.16. The molecule has 1 aromatic carbocycles. The number of carbonyl (C=O) groups excluding carboxylic acids is 2. The highest BCUT2D eigenvalue weighted by Gasteiger charge is 2.27. The summed E-state index contributed by atoms with van der Waals surface area (Å²) < 4.78 is 2.04. The van der Waals surface area contributed by atoms with Gasteiger partial charge < -0.3 is 10.2 Å². The second-order valence-corrected chi connectivity index (χ2v) is 9.46. The number of thioether (sulfide) groups is 1. The van der Waals surface area contributed by atoms with E-state index in [9.17, 15) is 9.59 Å².